The quantitative estimate of drug-likeness (QED) is 0.845. The predicted molar refractivity (Wildman–Crippen MR) is 96.1 cm³/mol. The lowest BCUT2D eigenvalue weighted by Crippen LogP contribution is -2.31. The fourth-order valence-electron chi connectivity index (χ4n) is 3.56. The molecular formula is C20H26N2O2. The molecule has 1 aliphatic carbocycles. The van der Waals surface area contributed by atoms with E-state index in [1.165, 1.54) is 31.3 Å². The Balaban J connectivity index is 1.51. The van der Waals surface area contributed by atoms with Crippen LogP contribution in [0.1, 0.15) is 49.7 Å². The highest BCUT2D eigenvalue weighted by Gasteiger charge is 2.21. The van der Waals surface area contributed by atoms with Crippen molar-refractivity contribution >= 4 is 17.5 Å². The Hall–Kier alpha value is -2.10. The molecule has 1 aromatic rings. The molecule has 1 aromatic carbocycles. The van der Waals surface area contributed by atoms with Crippen LogP contribution in [0.4, 0.5) is 5.69 Å². The summed E-state index contributed by atoms with van der Waals surface area (Å²) in [6, 6.07) is 5.99. The number of aryl methyl sites for hydroxylation is 1. The molecule has 0 saturated heterocycles. The molecule has 4 heteroatoms. The summed E-state index contributed by atoms with van der Waals surface area (Å²) in [4.78, 5) is 25.6. The zero-order chi connectivity index (χ0) is 16.9. The van der Waals surface area contributed by atoms with Gasteiger partial charge in [-0.15, -0.1) is 0 Å². The van der Waals surface area contributed by atoms with Crippen molar-refractivity contribution in [1.29, 1.82) is 0 Å². The number of amides is 2. The average Bonchev–Trinajstić information content (AvgIpc) is 2.59. The second-order valence-corrected chi connectivity index (χ2v) is 6.80. The van der Waals surface area contributed by atoms with Crippen molar-refractivity contribution in [3.05, 3.63) is 41.0 Å². The zero-order valence-electron chi connectivity index (χ0n) is 14.4. The predicted octanol–water partition coefficient (Wildman–Crippen LogP) is 3.14. The van der Waals surface area contributed by atoms with Gasteiger partial charge in [-0.3, -0.25) is 9.59 Å². The van der Waals surface area contributed by atoms with Crippen LogP contribution >= 0.6 is 0 Å². The molecule has 0 saturated carbocycles. The fraction of sp³-hybridized carbons (Fsp3) is 0.500. The van der Waals surface area contributed by atoms with Gasteiger partial charge in [0.15, 0.2) is 0 Å². The first-order valence-corrected chi connectivity index (χ1v) is 8.96. The molecule has 0 radical (unpaired) electrons. The van der Waals surface area contributed by atoms with Gasteiger partial charge in [0.25, 0.3) is 0 Å². The minimum absolute atomic E-state index is 0.0756. The van der Waals surface area contributed by atoms with Gasteiger partial charge >= 0.3 is 0 Å². The third kappa shape index (κ3) is 4.05. The molecule has 1 N–H and O–H groups in total. The van der Waals surface area contributed by atoms with Crippen LogP contribution in [0.15, 0.2) is 29.8 Å². The molecule has 0 atom stereocenters. The van der Waals surface area contributed by atoms with Crippen molar-refractivity contribution in [3.8, 4) is 0 Å². The van der Waals surface area contributed by atoms with E-state index in [0.717, 1.165) is 36.2 Å². The summed E-state index contributed by atoms with van der Waals surface area (Å²) in [5.74, 6) is 0.233. The highest BCUT2D eigenvalue weighted by atomic mass is 16.2. The number of hydrogen-bond acceptors (Lipinski definition) is 2. The standard InChI is InChI=1S/C20H26N2O2/c1-22-18-9-7-16(13-17(18)8-10-20(22)24)14-19(23)21-12-11-15-5-3-2-4-6-15/h5,7,9,13H,2-4,6,8,10-12,14H2,1H3,(H,21,23). The minimum atomic E-state index is 0.0756. The van der Waals surface area contributed by atoms with Crippen molar-refractivity contribution in [2.24, 2.45) is 0 Å². The van der Waals surface area contributed by atoms with E-state index in [9.17, 15) is 9.59 Å². The van der Waals surface area contributed by atoms with Gasteiger partial charge in [0.2, 0.25) is 11.8 Å². The molecule has 3 rings (SSSR count). The van der Waals surface area contributed by atoms with E-state index in [4.69, 9.17) is 0 Å². The first-order chi connectivity index (χ1) is 11.6. The van der Waals surface area contributed by atoms with Crippen LogP contribution < -0.4 is 10.2 Å². The Morgan fingerprint density at radius 1 is 1.21 bits per heavy atom. The van der Waals surface area contributed by atoms with E-state index in [1.54, 1.807) is 4.90 Å². The summed E-state index contributed by atoms with van der Waals surface area (Å²) >= 11 is 0. The molecule has 1 heterocycles. The van der Waals surface area contributed by atoms with Crippen LogP contribution in [-0.4, -0.2) is 25.4 Å². The van der Waals surface area contributed by atoms with Crippen LogP contribution in [0.5, 0.6) is 0 Å². The van der Waals surface area contributed by atoms with Crippen molar-refractivity contribution in [2.75, 3.05) is 18.5 Å². The third-order valence-corrected chi connectivity index (χ3v) is 5.01. The van der Waals surface area contributed by atoms with Gasteiger partial charge < -0.3 is 10.2 Å². The molecule has 4 nitrogen and oxygen atoms in total. The molecule has 0 unspecified atom stereocenters. The van der Waals surface area contributed by atoms with Crippen LogP contribution in [0.2, 0.25) is 0 Å². The summed E-state index contributed by atoms with van der Waals surface area (Å²) in [6.07, 6.45) is 9.99. The van der Waals surface area contributed by atoms with Gasteiger partial charge in [0.1, 0.15) is 0 Å². The van der Waals surface area contributed by atoms with Crippen LogP contribution in [0, 0.1) is 0 Å². The minimum Gasteiger partial charge on any atom is -0.355 e. The Morgan fingerprint density at radius 2 is 2.08 bits per heavy atom. The normalized spacial score (nSPS) is 17.3. The van der Waals surface area contributed by atoms with Crippen LogP contribution in [0.25, 0.3) is 0 Å². The van der Waals surface area contributed by atoms with E-state index in [0.29, 0.717) is 12.8 Å². The molecule has 0 fully saturated rings. The number of nitrogens with zero attached hydrogens (tertiary/aromatic N) is 1. The SMILES string of the molecule is CN1C(=O)CCc2cc(CC(=O)NCCC3=CCCCC3)ccc21. The number of carbonyl (C=O) groups is 2. The maximum absolute atomic E-state index is 12.1. The van der Waals surface area contributed by atoms with Crippen molar-refractivity contribution in [1.82, 2.24) is 5.32 Å². The molecule has 0 aromatic heterocycles. The number of benzene rings is 1. The average molecular weight is 326 g/mol. The second kappa shape index (κ2) is 7.65. The highest BCUT2D eigenvalue weighted by Crippen LogP contribution is 2.27. The van der Waals surface area contributed by atoms with Crippen molar-refractivity contribution in [2.45, 2.75) is 51.4 Å². The maximum Gasteiger partial charge on any atom is 0.227 e. The number of anilines is 1. The number of allylic oxidation sites excluding steroid dienone is 1. The number of nitrogens with one attached hydrogen (secondary N) is 1. The van der Waals surface area contributed by atoms with E-state index in [1.807, 2.05) is 19.2 Å². The lowest BCUT2D eigenvalue weighted by molar-refractivity contribution is -0.120. The summed E-state index contributed by atoms with van der Waals surface area (Å²) in [7, 11) is 1.81. The summed E-state index contributed by atoms with van der Waals surface area (Å²) in [5, 5.41) is 3.03. The summed E-state index contributed by atoms with van der Waals surface area (Å²) in [5.41, 5.74) is 4.64. The topological polar surface area (TPSA) is 49.4 Å². The monoisotopic (exact) mass is 326 g/mol. The molecule has 2 aliphatic rings. The lowest BCUT2D eigenvalue weighted by Gasteiger charge is -2.26. The van der Waals surface area contributed by atoms with Crippen molar-refractivity contribution in [3.63, 3.8) is 0 Å². The molecule has 24 heavy (non-hydrogen) atoms. The largest absolute Gasteiger partial charge is 0.355 e. The zero-order valence-corrected chi connectivity index (χ0v) is 14.4. The molecule has 0 bridgehead atoms. The Labute approximate surface area is 143 Å². The Kier molecular flexibility index (Phi) is 5.34. The van der Waals surface area contributed by atoms with E-state index in [2.05, 4.69) is 17.5 Å². The number of hydrogen-bond donors (Lipinski definition) is 1. The van der Waals surface area contributed by atoms with Gasteiger partial charge in [-0.2, -0.15) is 0 Å². The summed E-state index contributed by atoms with van der Waals surface area (Å²) < 4.78 is 0. The number of rotatable bonds is 5. The third-order valence-electron chi connectivity index (χ3n) is 5.01. The first-order valence-electron chi connectivity index (χ1n) is 8.96. The fourth-order valence-corrected chi connectivity index (χ4v) is 3.56. The molecule has 1 aliphatic heterocycles. The smallest absolute Gasteiger partial charge is 0.227 e. The molecule has 128 valence electrons. The Bertz CT molecular complexity index is 664. The van der Waals surface area contributed by atoms with E-state index >= 15 is 0 Å². The van der Waals surface area contributed by atoms with Crippen LogP contribution in [0.3, 0.4) is 0 Å². The van der Waals surface area contributed by atoms with Gasteiger partial charge in [0, 0.05) is 25.7 Å². The number of fused-ring (bicyclic) bond motifs is 1. The second-order valence-electron chi connectivity index (χ2n) is 6.80. The van der Waals surface area contributed by atoms with Crippen molar-refractivity contribution < 1.29 is 9.59 Å². The maximum atomic E-state index is 12.1. The van der Waals surface area contributed by atoms with Crippen LogP contribution in [-0.2, 0) is 22.4 Å². The number of carbonyl (C=O) groups excluding carboxylic acids is 2. The Morgan fingerprint density at radius 3 is 2.88 bits per heavy atom. The van der Waals surface area contributed by atoms with Gasteiger partial charge in [-0.05, 0) is 55.7 Å². The highest BCUT2D eigenvalue weighted by molar-refractivity contribution is 5.96. The summed E-state index contributed by atoms with van der Waals surface area (Å²) in [6.45, 7) is 0.729. The van der Waals surface area contributed by atoms with E-state index in [-0.39, 0.29) is 11.8 Å². The van der Waals surface area contributed by atoms with Gasteiger partial charge in [0.05, 0.1) is 6.42 Å². The lowest BCUT2D eigenvalue weighted by atomic mass is 9.97. The van der Waals surface area contributed by atoms with Gasteiger partial charge in [-0.25, -0.2) is 0 Å². The molecular weight excluding hydrogens is 300 g/mol. The molecule has 0 spiro atoms. The van der Waals surface area contributed by atoms with E-state index < -0.39 is 0 Å². The first kappa shape index (κ1) is 16.7. The molecule has 2 amide bonds. The van der Waals surface area contributed by atoms with Gasteiger partial charge in [-0.1, -0.05) is 23.8 Å².